The molecule has 116 valence electrons. The van der Waals surface area contributed by atoms with Gasteiger partial charge in [0.2, 0.25) is 5.91 Å². The SMILES string of the molecule is COC(=O)C(C)CN(C)C(=O)C=Cc1c(C)nn(C)c1Cl. The monoisotopic (exact) mass is 313 g/mol. The molecule has 0 aliphatic rings. The third-order valence-electron chi connectivity index (χ3n) is 3.12. The second-order valence-corrected chi connectivity index (χ2v) is 5.25. The molecule has 0 bridgehead atoms. The van der Waals surface area contributed by atoms with Crippen molar-refractivity contribution in [1.29, 1.82) is 0 Å². The molecule has 0 aliphatic heterocycles. The highest BCUT2D eigenvalue weighted by Gasteiger charge is 2.17. The smallest absolute Gasteiger partial charge is 0.310 e. The van der Waals surface area contributed by atoms with Crippen LogP contribution in [0.1, 0.15) is 18.2 Å². The minimum Gasteiger partial charge on any atom is -0.469 e. The van der Waals surface area contributed by atoms with Crippen molar-refractivity contribution < 1.29 is 14.3 Å². The number of carbonyl (C=O) groups is 2. The maximum Gasteiger partial charge on any atom is 0.310 e. The second kappa shape index (κ2) is 7.26. The molecule has 1 aromatic heterocycles. The Morgan fingerprint density at radius 1 is 1.52 bits per heavy atom. The second-order valence-electron chi connectivity index (χ2n) is 4.89. The predicted octanol–water partition coefficient (Wildman–Crippen LogP) is 1.66. The standard InChI is InChI=1S/C14H20ClN3O3/c1-9(14(20)21-5)8-17(3)12(19)7-6-11-10(2)16-18(4)13(11)15/h6-7,9H,8H2,1-5H3. The van der Waals surface area contributed by atoms with Gasteiger partial charge in [0.05, 0.1) is 18.7 Å². The van der Waals surface area contributed by atoms with Crippen LogP contribution in [-0.2, 0) is 21.4 Å². The van der Waals surface area contributed by atoms with Gasteiger partial charge in [-0.2, -0.15) is 5.10 Å². The molecule has 0 saturated carbocycles. The van der Waals surface area contributed by atoms with Crippen molar-refractivity contribution >= 4 is 29.6 Å². The Balaban J connectivity index is 2.72. The molecule has 1 heterocycles. The molecule has 1 amide bonds. The molecule has 0 radical (unpaired) electrons. The van der Waals surface area contributed by atoms with Crippen molar-refractivity contribution in [2.75, 3.05) is 20.7 Å². The summed E-state index contributed by atoms with van der Waals surface area (Å²) in [5.74, 6) is -0.934. The number of carbonyl (C=O) groups excluding carboxylic acids is 2. The predicted molar refractivity (Wildman–Crippen MR) is 80.8 cm³/mol. The molecule has 7 heteroatoms. The molecule has 6 nitrogen and oxygen atoms in total. The first-order chi connectivity index (χ1) is 9.77. The summed E-state index contributed by atoms with van der Waals surface area (Å²) in [4.78, 5) is 24.8. The van der Waals surface area contributed by atoms with E-state index in [0.29, 0.717) is 10.7 Å². The Kier molecular flexibility index (Phi) is 5.96. The maximum absolute atomic E-state index is 12.0. The van der Waals surface area contributed by atoms with E-state index in [1.54, 1.807) is 31.8 Å². The average Bonchev–Trinajstić information content (AvgIpc) is 2.68. The van der Waals surface area contributed by atoms with E-state index in [9.17, 15) is 9.59 Å². The van der Waals surface area contributed by atoms with Crippen LogP contribution in [0, 0.1) is 12.8 Å². The Morgan fingerprint density at radius 2 is 2.14 bits per heavy atom. The van der Waals surface area contributed by atoms with Crippen LogP contribution in [0.2, 0.25) is 5.15 Å². The van der Waals surface area contributed by atoms with Crippen LogP contribution in [0.4, 0.5) is 0 Å². The van der Waals surface area contributed by atoms with Crippen LogP contribution in [0.5, 0.6) is 0 Å². The summed E-state index contributed by atoms with van der Waals surface area (Å²) in [6, 6.07) is 0. The van der Waals surface area contributed by atoms with Gasteiger partial charge in [-0.25, -0.2) is 0 Å². The van der Waals surface area contributed by atoms with Crippen LogP contribution < -0.4 is 0 Å². The lowest BCUT2D eigenvalue weighted by atomic mass is 10.1. The molecular weight excluding hydrogens is 294 g/mol. The minimum atomic E-state index is -0.374. The summed E-state index contributed by atoms with van der Waals surface area (Å²) in [5, 5.41) is 4.64. The average molecular weight is 314 g/mol. The number of hydrogen-bond donors (Lipinski definition) is 0. The van der Waals surface area contributed by atoms with Gasteiger partial charge in [0, 0.05) is 32.3 Å². The number of rotatable bonds is 5. The van der Waals surface area contributed by atoms with E-state index in [0.717, 1.165) is 5.69 Å². The highest BCUT2D eigenvalue weighted by molar-refractivity contribution is 6.31. The van der Waals surface area contributed by atoms with E-state index >= 15 is 0 Å². The zero-order valence-electron chi connectivity index (χ0n) is 12.9. The molecule has 0 N–H and O–H groups in total. The number of ether oxygens (including phenoxy) is 1. The van der Waals surface area contributed by atoms with Gasteiger partial charge < -0.3 is 9.64 Å². The number of amides is 1. The van der Waals surface area contributed by atoms with Crippen LogP contribution >= 0.6 is 11.6 Å². The van der Waals surface area contributed by atoms with Crippen molar-refractivity contribution in [2.45, 2.75) is 13.8 Å². The summed E-state index contributed by atoms with van der Waals surface area (Å²) in [7, 11) is 4.69. The van der Waals surface area contributed by atoms with E-state index in [1.165, 1.54) is 18.1 Å². The lowest BCUT2D eigenvalue weighted by molar-refractivity contribution is -0.145. The third-order valence-corrected chi connectivity index (χ3v) is 3.56. The van der Waals surface area contributed by atoms with Crippen molar-refractivity contribution in [3.8, 4) is 0 Å². The van der Waals surface area contributed by atoms with Crippen molar-refractivity contribution in [3.63, 3.8) is 0 Å². The summed E-state index contributed by atoms with van der Waals surface area (Å²) in [6.07, 6.45) is 3.05. The quantitative estimate of drug-likeness (QED) is 0.612. The van der Waals surface area contributed by atoms with Gasteiger partial charge in [-0.15, -0.1) is 0 Å². The van der Waals surface area contributed by atoms with E-state index in [-0.39, 0.29) is 24.3 Å². The Hall–Kier alpha value is -1.82. The zero-order valence-corrected chi connectivity index (χ0v) is 13.6. The lowest BCUT2D eigenvalue weighted by Gasteiger charge is -2.18. The molecule has 0 saturated heterocycles. The van der Waals surface area contributed by atoms with Gasteiger partial charge in [-0.3, -0.25) is 14.3 Å². The van der Waals surface area contributed by atoms with Crippen molar-refractivity contribution in [3.05, 3.63) is 22.5 Å². The number of methoxy groups -OCH3 is 1. The molecule has 1 unspecified atom stereocenters. The number of esters is 1. The first kappa shape index (κ1) is 17.2. The van der Waals surface area contributed by atoms with E-state index < -0.39 is 0 Å². The highest BCUT2D eigenvalue weighted by atomic mass is 35.5. The maximum atomic E-state index is 12.0. The number of hydrogen-bond acceptors (Lipinski definition) is 4. The van der Waals surface area contributed by atoms with Crippen LogP contribution in [0.15, 0.2) is 6.08 Å². The first-order valence-electron chi connectivity index (χ1n) is 6.48. The van der Waals surface area contributed by atoms with Crippen molar-refractivity contribution in [2.24, 2.45) is 13.0 Å². The lowest BCUT2D eigenvalue weighted by Crippen LogP contribution is -2.33. The molecule has 21 heavy (non-hydrogen) atoms. The highest BCUT2D eigenvalue weighted by Crippen LogP contribution is 2.20. The fourth-order valence-corrected chi connectivity index (χ4v) is 2.13. The van der Waals surface area contributed by atoms with Gasteiger partial charge in [0.25, 0.3) is 0 Å². The number of aryl methyl sites for hydroxylation is 2. The summed E-state index contributed by atoms with van der Waals surface area (Å²) >= 11 is 6.08. The van der Waals surface area contributed by atoms with E-state index in [2.05, 4.69) is 9.84 Å². The molecule has 1 atom stereocenters. The Morgan fingerprint density at radius 3 is 2.62 bits per heavy atom. The normalized spacial score (nSPS) is 12.5. The number of halogens is 1. The van der Waals surface area contributed by atoms with E-state index in [1.807, 2.05) is 6.92 Å². The molecule has 0 fully saturated rings. The molecule has 1 aromatic rings. The first-order valence-corrected chi connectivity index (χ1v) is 6.85. The van der Waals surface area contributed by atoms with Crippen LogP contribution in [-0.4, -0.2) is 47.3 Å². The molecular formula is C14H20ClN3O3. The van der Waals surface area contributed by atoms with Gasteiger partial charge in [0.1, 0.15) is 5.15 Å². The van der Waals surface area contributed by atoms with Crippen molar-refractivity contribution in [1.82, 2.24) is 14.7 Å². The number of aromatic nitrogens is 2. The zero-order chi connectivity index (χ0) is 16.2. The largest absolute Gasteiger partial charge is 0.469 e. The minimum absolute atomic E-state index is 0.218. The summed E-state index contributed by atoms with van der Waals surface area (Å²) < 4.78 is 6.18. The topological polar surface area (TPSA) is 64.4 Å². The Bertz CT molecular complexity index is 566. The third kappa shape index (κ3) is 4.32. The fourth-order valence-electron chi connectivity index (χ4n) is 1.89. The summed E-state index contributed by atoms with van der Waals surface area (Å²) in [6.45, 7) is 3.82. The summed E-state index contributed by atoms with van der Waals surface area (Å²) in [5.41, 5.74) is 1.46. The van der Waals surface area contributed by atoms with Gasteiger partial charge in [0.15, 0.2) is 0 Å². The molecule has 0 aromatic carbocycles. The van der Waals surface area contributed by atoms with Gasteiger partial charge in [-0.05, 0) is 13.0 Å². The van der Waals surface area contributed by atoms with E-state index in [4.69, 9.17) is 11.6 Å². The molecule has 0 spiro atoms. The van der Waals surface area contributed by atoms with Gasteiger partial charge in [-0.1, -0.05) is 18.5 Å². The fraction of sp³-hybridized carbons (Fsp3) is 0.500. The van der Waals surface area contributed by atoms with Gasteiger partial charge >= 0.3 is 5.97 Å². The van der Waals surface area contributed by atoms with Crippen LogP contribution in [0.3, 0.4) is 0 Å². The number of nitrogens with zero attached hydrogens (tertiary/aromatic N) is 3. The van der Waals surface area contributed by atoms with Crippen LogP contribution in [0.25, 0.3) is 6.08 Å². The molecule has 0 aliphatic carbocycles. The number of likely N-dealkylation sites (N-methyl/N-ethyl adjacent to an activating group) is 1. The molecule has 1 rings (SSSR count). The Labute approximate surface area is 129 Å².